The van der Waals surface area contributed by atoms with Crippen LogP contribution in [0.2, 0.25) is 10.0 Å². The number of aromatic nitrogens is 3. The first kappa shape index (κ1) is 18.1. The largest absolute Gasteiger partial charge is 0.457 e. The first-order valence-electron chi connectivity index (χ1n) is 8.60. The topological polar surface area (TPSA) is 60.4 Å². The minimum Gasteiger partial charge on any atom is -0.457 e. The van der Waals surface area contributed by atoms with E-state index in [2.05, 4.69) is 10.1 Å². The highest BCUT2D eigenvalue weighted by atomic mass is 35.5. The monoisotopic (exact) mass is 439 g/mol. The van der Waals surface area contributed by atoms with E-state index in [4.69, 9.17) is 27.6 Å². The van der Waals surface area contributed by atoms with Crippen molar-refractivity contribution in [3.8, 4) is 22.7 Å². The van der Waals surface area contributed by atoms with Crippen molar-refractivity contribution < 1.29 is 4.42 Å². The van der Waals surface area contributed by atoms with Crippen LogP contribution in [0.15, 0.2) is 69.9 Å². The fraction of sp³-hybridized carbons (Fsp3) is 0. The lowest BCUT2D eigenvalue weighted by atomic mass is 10.2. The lowest BCUT2D eigenvalue weighted by Crippen LogP contribution is -2.23. The second kappa shape index (κ2) is 7.15. The molecule has 3 heterocycles. The molecule has 2 aromatic carbocycles. The Balaban J connectivity index is 1.53. The van der Waals surface area contributed by atoms with Crippen LogP contribution in [0.4, 0.5) is 0 Å². The van der Waals surface area contributed by atoms with E-state index >= 15 is 0 Å². The van der Waals surface area contributed by atoms with Crippen LogP contribution in [0.3, 0.4) is 0 Å². The summed E-state index contributed by atoms with van der Waals surface area (Å²) in [5.74, 6) is 1.68. The molecule has 142 valence electrons. The molecule has 0 aliphatic carbocycles. The van der Waals surface area contributed by atoms with Crippen LogP contribution >= 0.6 is 34.5 Å². The molecule has 0 N–H and O–H groups in total. The molecule has 3 aromatic heterocycles. The van der Waals surface area contributed by atoms with Gasteiger partial charge in [0.1, 0.15) is 16.1 Å². The second-order valence-electron chi connectivity index (χ2n) is 6.27. The molecule has 0 saturated carbocycles. The van der Waals surface area contributed by atoms with E-state index in [1.165, 1.54) is 15.9 Å². The molecule has 5 aromatic rings. The zero-order valence-corrected chi connectivity index (χ0v) is 17.0. The molecule has 0 spiro atoms. The molecule has 0 aliphatic heterocycles. The molecule has 8 heteroatoms. The average molecular weight is 440 g/mol. The predicted molar refractivity (Wildman–Crippen MR) is 116 cm³/mol. The van der Waals surface area contributed by atoms with Gasteiger partial charge in [-0.2, -0.15) is 9.50 Å². The molecule has 0 fully saturated rings. The highest BCUT2D eigenvalue weighted by molar-refractivity contribution is 7.15. The Kier molecular flexibility index (Phi) is 4.47. The molecular weight excluding hydrogens is 429 g/mol. The third-order valence-electron chi connectivity index (χ3n) is 4.26. The average Bonchev–Trinajstić information content (AvgIpc) is 3.40. The molecule has 0 aliphatic rings. The fourth-order valence-corrected chi connectivity index (χ4v) is 4.37. The summed E-state index contributed by atoms with van der Waals surface area (Å²) in [4.78, 5) is 17.7. The lowest BCUT2D eigenvalue weighted by Gasteiger charge is -1.99. The van der Waals surface area contributed by atoms with E-state index in [-0.39, 0.29) is 5.56 Å². The molecule has 5 nitrogen and oxygen atoms in total. The summed E-state index contributed by atoms with van der Waals surface area (Å²) in [7, 11) is 0. The summed E-state index contributed by atoms with van der Waals surface area (Å²) in [6.45, 7) is 0. The van der Waals surface area contributed by atoms with Gasteiger partial charge in [0.05, 0.1) is 0 Å². The van der Waals surface area contributed by atoms with Crippen molar-refractivity contribution in [1.29, 1.82) is 0 Å². The fourth-order valence-electron chi connectivity index (χ4n) is 2.95. The van der Waals surface area contributed by atoms with Crippen molar-refractivity contribution in [3.05, 3.63) is 91.4 Å². The Labute approximate surface area is 178 Å². The molecule has 29 heavy (non-hydrogen) atoms. The standard InChI is InChI=1S/C21H11Cl2N3O2S/c22-14-8-13(9-15(23)10-14)17-7-6-16(28-17)11-18-20(27)26-21(29-18)24-19(25-26)12-4-2-1-3-5-12/h1-11H/b18-11-. The normalized spacial score (nSPS) is 12.1. The number of fused-ring (bicyclic) bond motifs is 1. The van der Waals surface area contributed by atoms with Crippen LogP contribution in [-0.4, -0.2) is 14.6 Å². The molecule has 0 radical (unpaired) electrons. The Bertz CT molecular complexity index is 1430. The van der Waals surface area contributed by atoms with Crippen LogP contribution in [0.1, 0.15) is 5.76 Å². The maximum Gasteiger partial charge on any atom is 0.291 e. The summed E-state index contributed by atoms with van der Waals surface area (Å²) in [5.41, 5.74) is 1.40. The lowest BCUT2D eigenvalue weighted by molar-refractivity contribution is 0.571. The smallest absolute Gasteiger partial charge is 0.291 e. The van der Waals surface area contributed by atoms with Gasteiger partial charge in [-0.3, -0.25) is 4.79 Å². The number of thiazole rings is 1. The first-order chi connectivity index (χ1) is 14.1. The predicted octanol–water partition coefficient (Wildman–Crippen LogP) is 4.93. The number of hydrogen-bond acceptors (Lipinski definition) is 5. The minimum atomic E-state index is -0.233. The van der Waals surface area contributed by atoms with Crippen LogP contribution in [0.25, 0.3) is 33.7 Å². The van der Waals surface area contributed by atoms with E-state index in [0.29, 0.717) is 36.9 Å². The van der Waals surface area contributed by atoms with Gasteiger partial charge in [0.2, 0.25) is 4.96 Å². The van der Waals surface area contributed by atoms with Crippen LogP contribution in [0.5, 0.6) is 0 Å². The van der Waals surface area contributed by atoms with Gasteiger partial charge in [0.15, 0.2) is 5.82 Å². The van der Waals surface area contributed by atoms with E-state index in [1.54, 1.807) is 30.3 Å². The Morgan fingerprint density at radius 2 is 1.72 bits per heavy atom. The number of rotatable bonds is 3. The Morgan fingerprint density at radius 3 is 2.45 bits per heavy atom. The van der Waals surface area contributed by atoms with Crippen molar-refractivity contribution in [2.45, 2.75) is 0 Å². The van der Waals surface area contributed by atoms with E-state index < -0.39 is 0 Å². The molecule has 0 amide bonds. The zero-order valence-electron chi connectivity index (χ0n) is 14.7. The van der Waals surface area contributed by atoms with Crippen LogP contribution < -0.4 is 10.1 Å². The minimum absolute atomic E-state index is 0.233. The van der Waals surface area contributed by atoms with Crippen molar-refractivity contribution in [2.24, 2.45) is 0 Å². The van der Waals surface area contributed by atoms with Gasteiger partial charge in [-0.1, -0.05) is 64.9 Å². The number of benzene rings is 2. The molecular formula is C21H11Cl2N3O2S. The number of halogens is 2. The second-order valence-corrected chi connectivity index (χ2v) is 8.15. The van der Waals surface area contributed by atoms with Crippen molar-refractivity contribution in [2.75, 3.05) is 0 Å². The molecule has 0 saturated heterocycles. The van der Waals surface area contributed by atoms with Gasteiger partial charge < -0.3 is 4.42 Å². The highest BCUT2D eigenvalue weighted by Crippen LogP contribution is 2.28. The van der Waals surface area contributed by atoms with Crippen molar-refractivity contribution in [3.63, 3.8) is 0 Å². The Hall–Kier alpha value is -2.93. The zero-order chi connectivity index (χ0) is 20.0. The maximum absolute atomic E-state index is 12.7. The van der Waals surface area contributed by atoms with E-state index in [1.807, 2.05) is 36.4 Å². The van der Waals surface area contributed by atoms with Gasteiger partial charge in [0, 0.05) is 27.2 Å². The summed E-state index contributed by atoms with van der Waals surface area (Å²) in [5, 5.41) is 5.39. The maximum atomic E-state index is 12.7. The van der Waals surface area contributed by atoms with E-state index in [0.717, 1.165) is 11.1 Å². The first-order valence-corrected chi connectivity index (χ1v) is 10.2. The third-order valence-corrected chi connectivity index (χ3v) is 5.66. The number of nitrogens with zero attached hydrogens (tertiary/aromatic N) is 3. The van der Waals surface area contributed by atoms with Crippen molar-refractivity contribution in [1.82, 2.24) is 14.6 Å². The summed E-state index contributed by atoms with van der Waals surface area (Å²) < 4.78 is 7.66. The number of furan rings is 1. The SMILES string of the molecule is O=c1/c(=C/c2ccc(-c3cc(Cl)cc(Cl)c3)o2)sc2nc(-c3ccccc3)nn12. The van der Waals surface area contributed by atoms with Crippen molar-refractivity contribution >= 4 is 45.6 Å². The van der Waals surface area contributed by atoms with Gasteiger partial charge >= 0.3 is 0 Å². The molecule has 0 unspecified atom stereocenters. The van der Waals surface area contributed by atoms with Crippen LogP contribution in [-0.2, 0) is 0 Å². The highest BCUT2D eigenvalue weighted by Gasteiger charge is 2.12. The summed E-state index contributed by atoms with van der Waals surface area (Å²) >= 11 is 13.4. The molecule has 5 rings (SSSR count). The van der Waals surface area contributed by atoms with Gasteiger partial charge in [-0.05, 0) is 30.3 Å². The molecule has 0 bridgehead atoms. The van der Waals surface area contributed by atoms with Gasteiger partial charge in [-0.25, -0.2) is 0 Å². The Morgan fingerprint density at radius 1 is 0.966 bits per heavy atom. The quantitative estimate of drug-likeness (QED) is 0.399. The van der Waals surface area contributed by atoms with Gasteiger partial charge in [0.25, 0.3) is 5.56 Å². The third kappa shape index (κ3) is 3.46. The van der Waals surface area contributed by atoms with E-state index in [9.17, 15) is 4.79 Å². The summed E-state index contributed by atoms with van der Waals surface area (Å²) in [6.07, 6.45) is 1.68. The molecule has 0 atom stereocenters. The summed E-state index contributed by atoms with van der Waals surface area (Å²) in [6, 6.07) is 18.3. The van der Waals surface area contributed by atoms with Crippen LogP contribution in [0, 0.1) is 0 Å². The van der Waals surface area contributed by atoms with Gasteiger partial charge in [-0.15, -0.1) is 5.10 Å². The number of hydrogen-bond donors (Lipinski definition) is 0.